The fraction of sp³-hybridized carbons (Fsp3) is 0.125. The predicted molar refractivity (Wildman–Crippen MR) is 74.4 cm³/mol. The van der Waals surface area contributed by atoms with Crippen molar-refractivity contribution in [2.45, 2.75) is 13.8 Å². The van der Waals surface area contributed by atoms with E-state index in [1.807, 2.05) is 24.3 Å². The van der Waals surface area contributed by atoms with Gasteiger partial charge in [0.25, 0.3) is 0 Å². The molecule has 0 amide bonds. The Balaban J connectivity index is 2.59. The van der Waals surface area contributed by atoms with E-state index in [-0.39, 0.29) is 5.78 Å². The number of carbonyl (C=O) groups is 2. The first-order valence-corrected chi connectivity index (χ1v) is 5.90. The van der Waals surface area contributed by atoms with E-state index in [1.54, 1.807) is 19.1 Å². The molecule has 2 aromatic rings. The molecule has 0 radical (unpaired) electrons. The highest BCUT2D eigenvalue weighted by Crippen LogP contribution is 2.28. The summed E-state index contributed by atoms with van der Waals surface area (Å²) in [6.07, 6.45) is 0. The monoisotopic (exact) mass is 254 g/mol. The van der Waals surface area contributed by atoms with E-state index in [9.17, 15) is 9.59 Å². The molecule has 0 aliphatic rings. The van der Waals surface area contributed by atoms with Gasteiger partial charge in [-0.2, -0.15) is 0 Å². The third-order valence-electron chi connectivity index (χ3n) is 2.78. The minimum atomic E-state index is -0.495. The first kappa shape index (κ1) is 13.0. The zero-order valence-electron chi connectivity index (χ0n) is 10.9. The Hall–Kier alpha value is -2.42. The third kappa shape index (κ3) is 2.71. The van der Waals surface area contributed by atoms with Crippen LogP contribution >= 0.6 is 0 Å². The van der Waals surface area contributed by atoms with Crippen molar-refractivity contribution < 1.29 is 14.3 Å². The summed E-state index contributed by atoms with van der Waals surface area (Å²) in [6, 6.07) is 10.8. The van der Waals surface area contributed by atoms with Crippen LogP contribution in [-0.4, -0.2) is 11.8 Å². The fourth-order valence-corrected chi connectivity index (χ4v) is 1.75. The van der Waals surface area contributed by atoms with E-state index >= 15 is 0 Å². The summed E-state index contributed by atoms with van der Waals surface area (Å²) in [5.41, 5.74) is 0.834. The van der Waals surface area contributed by atoms with E-state index in [0.717, 1.165) is 10.8 Å². The number of fused-ring (bicyclic) bond motifs is 1. The normalized spacial score (nSPS) is 10.2. The maximum Gasteiger partial charge on any atom is 0.338 e. The van der Waals surface area contributed by atoms with Gasteiger partial charge in [0.1, 0.15) is 5.75 Å². The van der Waals surface area contributed by atoms with Crippen molar-refractivity contribution in [2.75, 3.05) is 0 Å². The first-order chi connectivity index (χ1) is 8.99. The summed E-state index contributed by atoms with van der Waals surface area (Å²) >= 11 is 0. The molecule has 0 aliphatic heterocycles. The number of ether oxygens (including phenoxy) is 1. The van der Waals surface area contributed by atoms with Gasteiger partial charge in [-0.25, -0.2) is 4.79 Å². The zero-order valence-corrected chi connectivity index (χ0v) is 10.9. The Morgan fingerprint density at radius 2 is 1.79 bits per heavy atom. The van der Waals surface area contributed by atoms with Gasteiger partial charge in [-0.1, -0.05) is 30.8 Å². The molecule has 0 saturated heterocycles. The van der Waals surface area contributed by atoms with Crippen LogP contribution in [-0.2, 0) is 4.79 Å². The standard InChI is InChI=1S/C16H14O3/c1-10(2)16(18)19-15-9-13(11(3)17)8-12-6-4-5-7-14(12)15/h4-9H,1H2,2-3H3. The van der Waals surface area contributed by atoms with Gasteiger partial charge in [-0.05, 0) is 31.4 Å². The number of hydrogen-bond acceptors (Lipinski definition) is 3. The topological polar surface area (TPSA) is 43.4 Å². The molecule has 0 heterocycles. The van der Waals surface area contributed by atoms with Gasteiger partial charge in [0, 0.05) is 16.5 Å². The molecule has 2 aromatic carbocycles. The molecule has 0 saturated carbocycles. The molecule has 0 spiro atoms. The highest BCUT2D eigenvalue weighted by atomic mass is 16.5. The van der Waals surface area contributed by atoms with Crippen molar-refractivity contribution in [2.24, 2.45) is 0 Å². The number of carbonyl (C=O) groups excluding carboxylic acids is 2. The Morgan fingerprint density at radius 3 is 2.42 bits per heavy atom. The van der Waals surface area contributed by atoms with E-state index < -0.39 is 5.97 Å². The number of esters is 1. The van der Waals surface area contributed by atoms with Crippen molar-refractivity contribution in [3.8, 4) is 5.75 Å². The molecule has 0 unspecified atom stereocenters. The number of ketones is 1. The van der Waals surface area contributed by atoms with Crippen LogP contribution in [0.2, 0.25) is 0 Å². The Morgan fingerprint density at radius 1 is 1.11 bits per heavy atom. The molecule has 0 fully saturated rings. The van der Waals surface area contributed by atoms with Gasteiger partial charge in [0.05, 0.1) is 0 Å². The van der Waals surface area contributed by atoms with Crippen LogP contribution in [0.4, 0.5) is 0 Å². The van der Waals surface area contributed by atoms with Gasteiger partial charge < -0.3 is 4.74 Å². The first-order valence-electron chi connectivity index (χ1n) is 5.90. The number of hydrogen-bond donors (Lipinski definition) is 0. The average Bonchev–Trinajstić information content (AvgIpc) is 2.38. The van der Waals surface area contributed by atoms with Gasteiger partial charge in [0.2, 0.25) is 0 Å². The van der Waals surface area contributed by atoms with Crippen LogP contribution in [0.15, 0.2) is 48.6 Å². The fourth-order valence-electron chi connectivity index (χ4n) is 1.75. The van der Waals surface area contributed by atoms with E-state index in [4.69, 9.17) is 4.74 Å². The van der Waals surface area contributed by atoms with Gasteiger partial charge in [-0.3, -0.25) is 4.79 Å². The SMILES string of the molecule is C=C(C)C(=O)Oc1cc(C(C)=O)cc2ccccc12. The largest absolute Gasteiger partial charge is 0.423 e. The summed E-state index contributed by atoms with van der Waals surface area (Å²) in [5, 5.41) is 1.65. The molecule has 3 nitrogen and oxygen atoms in total. The molecule has 0 aromatic heterocycles. The zero-order chi connectivity index (χ0) is 14.0. The Labute approximate surface area is 111 Å². The van der Waals surface area contributed by atoms with Crippen LogP contribution in [0, 0.1) is 0 Å². The molecule has 0 atom stereocenters. The molecule has 96 valence electrons. The molecular formula is C16H14O3. The summed E-state index contributed by atoms with van der Waals surface area (Å²) in [4.78, 5) is 23.1. The summed E-state index contributed by atoms with van der Waals surface area (Å²) in [6.45, 7) is 6.61. The molecule has 19 heavy (non-hydrogen) atoms. The maximum atomic E-state index is 11.6. The lowest BCUT2D eigenvalue weighted by Crippen LogP contribution is -2.09. The van der Waals surface area contributed by atoms with Gasteiger partial charge in [0.15, 0.2) is 5.78 Å². The summed E-state index contributed by atoms with van der Waals surface area (Å²) in [7, 11) is 0. The molecule has 2 rings (SSSR count). The highest BCUT2D eigenvalue weighted by Gasteiger charge is 2.12. The lowest BCUT2D eigenvalue weighted by molar-refractivity contribution is -0.129. The van der Waals surface area contributed by atoms with Crippen LogP contribution in [0.25, 0.3) is 10.8 Å². The molecule has 0 aliphatic carbocycles. The second-order valence-corrected chi connectivity index (χ2v) is 4.42. The quantitative estimate of drug-likeness (QED) is 0.364. The van der Waals surface area contributed by atoms with Crippen molar-refractivity contribution in [1.82, 2.24) is 0 Å². The van der Waals surface area contributed by atoms with Crippen LogP contribution in [0.3, 0.4) is 0 Å². The summed E-state index contributed by atoms with van der Waals surface area (Å²) < 4.78 is 5.29. The van der Waals surface area contributed by atoms with Crippen molar-refractivity contribution in [3.63, 3.8) is 0 Å². The number of benzene rings is 2. The van der Waals surface area contributed by atoms with E-state index in [1.165, 1.54) is 6.92 Å². The van der Waals surface area contributed by atoms with Crippen molar-refractivity contribution in [3.05, 3.63) is 54.1 Å². The number of Topliss-reactive ketones (excluding diaryl/α,β-unsaturated/α-hetero) is 1. The smallest absolute Gasteiger partial charge is 0.338 e. The van der Waals surface area contributed by atoms with Crippen LogP contribution in [0.1, 0.15) is 24.2 Å². The average molecular weight is 254 g/mol. The van der Waals surface area contributed by atoms with Crippen molar-refractivity contribution >= 4 is 22.5 Å². The lowest BCUT2D eigenvalue weighted by Gasteiger charge is -2.09. The maximum absolute atomic E-state index is 11.6. The van der Waals surface area contributed by atoms with Crippen molar-refractivity contribution in [1.29, 1.82) is 0 Å². The summed E-state index contributed by atoms with van der Waals surface area (Å²) in [5.74, 6) is -0.180. The Bertz CT molecular complexity index is 683. The second kappa shape index (κ2) is 5.06. The van der Waals surface area contributed by atoms with Crippen LogP contribution in [0.5, 0.6) is 5.75 Å². The van der Waals surface area contributed by atoms with Gasteiger partial charge >= 0.3 is 5.97 Å². The van der Waals surface area contributed by atoms with Crippen LogP contribution < -0.4 is 4.74 Å². The van der Waals surface area contributed by atoms with E-state index in [0.29, 0.717) is 16.9 Å². The lowest BCUT2D eigenvalue weighted by atomic mass is 10.0. The number of rotatable bonds is 3. The van der Waals surface area contributed by atoms with E-state index in [2.05, 4.69) is 6.58 Å². The minimum Gasteiger partial charge on any atom is -0.423 e. The predicted octanol–water partition coefficient (Wildman–Crippen LogP) is 3.52. The second-order valence-electron chi connectivity index (χ2n) is 4.42. The van der Waals surface area contributed by atoms with Gasteiger partial charge in [-0.15, -0.1) is 0 Å². The highest BCUT2D eigenvalue weighted by molar-refractivity contribution is 6.02. The Kier molecular flexibility index (Phi) is 3.47. The molecule has 0 N–H and O–H groups in total. The molecule has 0 bridgehead atoms. The molecule has 3 heteroatoms. The molecular weight excluding hydrogens is 240 g/mol. The third-order valence-corrected chi connectivity index (χ3v) is 2.78. The minimum absolute atomic E-state index is 0.0709.